The van der Waals surface area contributed by atoms with Crippen LogP contribution in [0.25, 0.3) is 0 Å². The summed E-state index contributed by atoms with van der Waals surface area (Å²) in [5, 5.41) is 6.53. The summed E-state index contributed by atoms with van der Waals surface area (Å²) in [6.45, 7) is 10.3. The average Bonchev–Trinajstić information content (AvgIpc) is 2.70. The zero-order chi connectivity index (χ0) is 13.5. The Hall–Kier alpha value is -0.790. The fourth-order valence-electron chi connectivity index (χ4n) is 1.70. The Morgan fingerprint density at radius 1 is 1.37 bits per heavy atom. The van der Waals surface area contributed by atoms with Gasteiger partial charge in [0.2, 0.25) is 0 Å². The van der Waals surface area contributed by atoms with E-state index in [0.29, 0.717) is 18.5 Å². The van der Waals surface area contributed by atoms with E-state index in [2.05, 4.69) is 52.9 Å². The molecule has 1 aromatic heterocycles. The van der Waals surface area contributed by atoms with Gasteiger partial charge in [-0.2, -0.15) is 0 Å². The number of hydrogen-bond acceptors (Lipinski definition) is 2. The van der Waals surface area contributed by atoms with Gasteiger partial charge in [0.1, 0.15) is 5.82 Å². The molecule has 0 aliphatic rings. The fourth-order valence-corrected chi connectivity index (χ4v) is 1.70. The average molecular weight is 379 g/mol. The third-order valence-electron chi connectivity index (χ3n) is 2.43. The molecular formula is C13H26IN5. The second-order valence-electron chi connectivity index (χ2n) is 5.11. The number of hydrogen-bond donors (Lipinski definition) is 2. The first-order valence-electron chi connectivity index (χ1n) is 6.50. The number of nitrogens with one attached hydrogen (secondary N) is 2. The SMILES string of the molecule is CN=C(NCc1nccn1CC(C)C)NC(C)C.I. The summed E-state index contributed by atoms with van der Waals surface area (Å²) in [4.78, 5) is 8.55. The first-order valence-corrected chi connectivity index (χ1v) is 6.50. The monoisotopic (exact) mass is 379 g/mol. The number of halogens is 1. The number of aliphatic imine (C=N–C) groups is 1. The van der Waals surface area contributed by atoms with E-state index in [1.807, 2.05) is 12.4 Å². The van der Waals surface area contributed by atoms with Crippen molar-refractivity contribution in [2.24, 2.45) is 10.9 Å². The Bertz CT molecular complexity index is 384. The van der Waals surface area contributed by atoms with Crippen molar-refractivity contribution in [1.82, 2.24) is 20.2 Å². The summed E-state index contributed by atoms with van der Waals surface area (Å²) >= 11 is 0. The van der Waals surface area contributed by atoms with Crippen molar-refractivity contribution >= 4 is 29.9 Å². The van der Waals surface area contributed by atoms with E-state index in [1.165, 1.54) is 0 Å². The lowest BCUT2D eigenvalue weighted by atomic mass is 10.2. The Labute approximate surface area is 133 Å². The minimum Gasteiger partial charge on any atom is -0.354 e. The lowest BCUT2D eigenvalue weighted by Crippen LogP contribution is -2.41. The fraction of sp³-hybridized carbons (Fsp3) is 0.692. The smallest absolute Gasteiger partial charge is 0.191 e. The minimum atomic E-state index is 0. The van der Waals surface area contributed by atoms with Crippen LogP contribution in [0, 0.1) is 5.92 Å². The molecule has 1 aromatic rings. The molecule has 5 nitrogen and oxygen atoms in total. The second kappa shape index (κ2) is 9.17. The molecule has 0 amide bonds. The van der Waals surface area contributed by atoms with Gasteiger partial charge in [-0.3, -0.25) is 4.99 Å². The maximum absolute atomic E-state index is 4.37. The molecule has 2 N–H and O–H groups in total. The van der Waals surface area contributed by atoms with Gasteiger partial charge in [-0.25, -0.2) is 4.98 Å². The zero-order valence-corrected chi connectivity index (χ0v) is 14.8. The van der Waals surface area contributed by atoms with E-state index in [0.717, 1.165) is 18.3 Å². The topological polar surface area (TPSA) is 54.2 Å². The van der Waals surface area contributed by atoms with Crippen molar-refractivity contribution in [3.63, 3.8) is 0 Å². The maximum Gasteiger partial charge on any atom is 0.191 e. The number of rotatable bonds is 5. The standard InChI is InChI=1S/C13H25N5.HI/c1-10(2)9-18-7-6-15-12(18)8-16-13(14-5)17-11(3)4;/h6-7,10-11H,8-9H2,1-5H3,(H2,14,16,17);1H. The Balaban J connectivity index is 0.00000324. The normalized spacial score (nSPS) is 11.6. The highest BCUT2D eigenvalue weighted by Crippen LogP contribution is 2.03. The molecule has 0 saturated carbocycles. The van der Waals surface area contributed by atoms with Crippen molar-refractivity contribution in [2.45, 2.75) is 46.8 Å². The first-order chi connectivity index (χ1) is 8.52. The molecule has 0 aliphatic carbocycles. The van der Waals surface area contributed by atoms with Crippen LogP contribution in [0.3, 0.4) is 0 Å². The van der Waals surface area contributed by atoms with Gasteiger partial charge < -0.3 is 15.2 Å². The molecule has 19 heavy (non-hydrogen) atoms. The molecule has 1 rings (SSSR count). The lowest BCUT2D eigenvalue weighted by Gasteiger charge is -2.15. The van der Waals surface area contributed by atoms with Gasteiger partial charge in [0.05, 0.1) is 6.54 Å². The molecule has 0 saturated heterocycles. The summed E-state index contributed by atoms with van der Waals surface area (Å²) in [5.41, 5.74) is 0. The lowest BCUT2D eigenvalue weighted by molar-refractivity contribution is 0.503. The van der Waals surface area contributed by atoms with Crippen LogP contribution in [-0.2, 0) is 13.1 Å². The number of nitrogens with zero attached hydrogens (tertiary/aromatic N) is 3. The zero-order valence-electron chi connectivity index (χ0n) is 12.5. The second-order valence-corrected chi connectivity index (χ2v) is 5.11. The molecule has 0 radical (unpaired) electrons. The van der Waals surface area contributed by atoms with Crippen molar-refractivity contribution in [3.05, 3.63) is 18.2 Å². The van der Waals surface area contributed by atoms with Crippen LogP contribution in [0.5, 0.6) is 0 Å². The molecule has 0 unspecified atom stereocenters. The number of imidazole rings is 1. The van der Waals surface area contributed by atoms with E-state index < -0.39 is 0 Å². The number of guanidine groups is 1. The molecule has 0 spiro atoms. The van der Waals surface area contributed by atoms with Crippen LogP contribution in [0.4, 0.5) is 0 Å². The minimum absolute atomic E-state index is 0. The summed E-state index contributed by atoms with van der Waals surface area (Å²) in [6.07, 6.45) is 3.87. The first kappa shape index (κ1) is 18.2. The van der Waals surface area contributed by atoms with Crippen LogP contribution < -0.4 is 10.6 Å². The molecule has 0 bridgehead atoms. The third-order valence-corrected chi connectivity index (χ3v) is 2.43. The summed E-state index contributed by atoms with van der Waals surface area (Å²) in [6, 6.07) is 0.367. The summed E-state index contributed by atoms with van der Waals surface area (Å²) in [7, 11) is 1.78. The predicted octanol–water partition coefficient (Wildman–Crippen LogP) is 2.23. The quantitative estimate of drug-likeness (QED) is 0.469. The van der Waals surface area contributed by atoms with Crippen LogP contribution in [-0.4, -0.2) is 28.6 Å². The highest BCUT2D eigenvalue weighted by Gasteiger charge is 2.06. The van der Waals surface area contributed by atoms with Gasteiger partial charge in [-0.15, -0.1) is 24.0 Å². The van der Waals surface area contributed by atoms with E-state index in [-0.39, 0.29) is 24.0 Å². The van der Waals surface area contributed by atoms with Gasteiger partial charge in [0.15, 0.2) is 5.96 Å². The van der Waals surface area contributed by atoms with Gasteiger partial charge in [0, 0.05) is 32.0 Å². The summed E-state index contributed by atoms with van der Waals surface area (Å²) in [5.74, 6) is 2.46. The van der Waals surface area contributed by atoms with Crippen LogP contribution in [0.2, 0.25) is 0 Å². The highest BCUT2D eigenvalue weighted by atomic mass is 127. The van der Waals surface area contributed by atoms with Gasteiger partial charge in [0.25, 0.3) is 0 Å². The largest absolute Gasteiger partial charge is 0.354 e. The van der Waals surface area contributed by atoms with Crippen LogP contribution in [0.15, 0.2) is 17.4 Å². The van der Waals surface area contributed by atoms with Gasteiger partial charge in [-0.1, -0.05) is 13.8 Å². The molecule has 0 atom stereocenters. The van der Waals surface area contributed by atoms with E-state index in [4.69, 9.17) is 0 Å². The van der Waals surface area contributed by atoms with E-state index >= 15 is 0 Å². The van der Waals surface area contributed by atoms with Crippen molar-refractivity contribution in [3.8, 4) is 0 Å². The molecule has 6 heteroatoms. The maximum atomic E-state index is 4.37. The Morgan fingerprint density at radius 3 is 2.58 bits per heavy atom. The van der Waals surface area contributed by atoms with Gasteiger partial charge in [-0.05, 0) is 19.8 Å². The van der Waals surface area contributed by atoms with E-state index in [9.17, 15) is 0 Å². The van der Waals surface area contributed by atoms with Crippen LogP contribution in [0.1, 0.15) is 33.5 Å². The van der Waals surface area contributed by atoms with Gasteiger partial charge >= 0.3 is 0 Å². The van der Waals surface area contributed by atoms with Crippen molar-refractivity contribution < 1.29 is 0 Å². The molecular weight excluding hydrogens is 353 g/mol. The third kappa shape index (κ3) is 6.79. The Morgan fingerprint density at radius 2 is 2.05 bits per heavy atom. The predicted molar refractivity (Wildman–Crippen MR) is 91.0 cm³/mol. The van der Waals surface area contributed by atoms with E-state index in [1.54, 1.807) is 7.05 Å². The molecule has 110 valence electrons. The molecule has 0 aromatic carbocycles. The Kier molecular flexibility index (Phi) is 8.79. The van der Waals surface area contributed by atoms with Crippen molar-refractivity contribution in [2.75, 3.05) is 7.05 Å². The molecule has 0 aliphatic heterocycles. The molecule has 1 heterocycles. The van der Waals surface area contributed by atoms with Crippen LogP contribution >= 0.6 is 24.0 Å². The van der Waals surface area contributed by atoms with Crippen molar-refractivity contribution in [1.29, 1.82) is 0 Å². The highest BCUT2D eigenvalue weighted by molar-refractivity contribution is 14.0. The number of aromatic nitrogens is 2. The molecule has 0 fully saturated rings. The summed E-state index contributed by atoms with van der Waals surface area (Å²) < 4.78 is 2.18.